The van der Waals surface area contributed by atoms with E-state index in [0.717, 1.165) is 57.1 Å². The van der Waals surface area contributed by atoms with E-state index in [1.54, 1.807) is 21.3 Å². The van der Waals surface area contributed by atoms with E-state index in [1.807, 2.05) is 13.8 Å². The minimum atomic E-state index is -0.293. The summed E-state index contributed by atoms with van der Waals surface area (Å²) < 4.78 is 17.3. The molecular formula is C27H33NO5. The van der Waals surface area contributed by atoms with Crippen LogP contribution < -0.4 is 19.5 Å². The Morgan fingerprint density at radius 1 is 1.00 bits per heavy atom. The number of carbonyl (C=O) groups excluding carboxylic acids is 1. The molecule has 1 unspecified atom stereocenters. The topological polar surface area (TPSA) is 77.0 Å². The number of carbonyl (C=O) groups is 1. The summed E-state index contributed by atoms with van der Waals surface area (Å²) in [5.41, 5.74) is 7.62. The van der Waals surface area contributed by atoms with Crippen molar-refractivity contribution in [3.8, 4) is 17.2 Å². The van der Waals surface area contributed by atoms with Crippen molar-refractivity contribution >= 4 is 5.78 Å². The normalized spacial score (nSPS) is 27.4. The van der Waals surface area contributed by atoms with Gasteiger partial charge in [0.2, 0.25) is 0 Å². The standard InChI is InChI=1S/C27H33NO5/c1-12-7-15-8-18-23(19(11-29)22(15)27(33-6)13(12)2)25(30)20-9-17-16(24(18)28-20)10-21(31-4)14(3)26(17)32-5/h7,10,18-20,23-24,28-29H,8-9,11H2,1-6H3/t18-,19+,20+,23?,24-/m1/s1. The molecule has 0 radical (unpaired) electrons. The van der Waals surface area contributed by atoms with Gasteiger partial charge in [0, 0.05) is 34.6 Å². The molecule has 6 nitrogen and oxygen atoms in total. The van der Waals surface area contributed by atoms with Gasteiger partial charge in [-0.05, 0) is 67.9 Å². The number of nitrogens with one attached hydrogen (secondary N) is 1. The molecule has 176 valence electrons. The van der Waals surface area contributed by atoms with E-state index in [-0.39, 0.29) is 42.2 Å². The molecule has 2 aliphatic heterocycles. The summed E-state index contributed by atoms with van der Waals surface area (Å²) in [5.74, 6) is 2.10. The highest BCUT2D eigenvalue weighted by Crippen LogP contribution is 2.54. The summed E-state index contributed by atoms with van der Waals surface area (Å²) in [6.45, 7) is 6.06. The molecule has 1 aliphatic carbocycles. The molecule has 6 heteroatoms. The van der Waals surface area contributed by atoms with Crippen molar-refractivity contribution in [2.75, 3.05) is 27.9 Å². The van der Waals surface area contributed by atoms with Crippen LogP contribution in [0.3, 0.4) is 0 Å². The van der Waals surface area contributed by atoms with Crippen LogP contribution >= 0.6 is 0 Å². The molecule has 2 heterocycles. The van der Waals surface area contributed by atoms with Crippen molar-refractivity contribution in [2.24, 2.45) is 11.8 Å². The minimum Gasteiger partial charge on any atom is -0.496 e. The van der Waals surface area contributed by atoms with Gasteiger partial charge in [-0.25, -0.2) is 0 Å². The number of hydrogen-bond acceptors (Lipinski definition) is 6. The van der Waals surface area contributed by atoms with E-state index >= 15 is 0 Å². The van der Waals surface area contributed by atoms with Crippen LogP contribution in [0, 0.1) is 32.6 Å². The number of aliphatic hydroxyl groups is 1. The Balaban J connectivity index is 1.71. The molecule has 5 atom stereocenters. The van der Waals surface area contributed by atoms with Gasteiger partial charge >= 0.3 is 0 Å². The van der Waals surface area contributed by atoms with Gasteiger partial charge in [0.25, 0.3) is 0 Å². The average molecular weight is 452 g/mol. The fourth-order valence-electron chi connectivity index (χ4n) is 6.73. The molecule has 1 fully saturated rings. The predicted octanol–water partition coefficient (Wildman–Crippen LogP) is 3.34. The molecule has 0 amide bonds. The van der Waals surface area contributed by atoms with Gasteiger partial charge in [0.15, 0.2) is 5.78 Å². The van der Waals surface area contributed by atoms with Crippen LogP contribution in [0.5, 0.6) is 17.2 Å². The third-order valence-electron chi connectivity index (χ3n) is 8.30. The Kier molecular flexibility index (Phi) is 5.41. The van der Waals surface area contributed by atoms with Gasteiger partial charge < -0.3 is 19.3 Å². The number of rotatable bonds is 4. The summed E-state index contributed by atoms with van der Waals surface area (Å²) in [6, 6.07) is 4.01. The number of ketones is 1. The highest BCUT2D eigenvalue weighted by atomic mass is 16.5. The molecule has 2 aromatic carbocycles. The van der Waals surface area contributed by atoms with Crippen LogP contribution in [-0.4, -0.2) is 44.9 Å². The van der Waals surface area contributed by atoms with E-state index in [0.29, 0.717) is 6.42 Å². The van der Waals surface area contributed by atoms with Crippen molar-refractivity contribution in [2.45, 2.75) is 51.6 Å². The largest absolute Gasteiger partial charge is 0.496 e. The van der Waals surface area contributed by atoms with Crippen LogP contribution in [0.25, 0.3) is 0 Å². The molecule has 0 saturated carbocycles. The Morgan fingerprint density at radius 2 is 1.73 bits per heavy atom. The number of piperidine rings is 1. The summed E-state index contributed by atoms with van der Waals surface area (Å²) in [6.07, 6.45) is 1.33. The SMILES string of the molecule is COc1cc2c(c(OC)c1C)C[C@@H]1N[C@H]2[C@@H]2Cc3cc(C)c(C)c(OC)c3[C@H](CO)C2C1=O. The summed E-state index contributed by atoms with van der Waals surface area (Å²) >= 11 is 0. The maximum atomic E-state index is 13.8. The second kappa shape index (κ2) is 8.03. The molecule has 33 heavy (non-hydrogen) atoms. The second-order valence-corrected chi connectivity index (χ2v) is 9.72. The van der Waals surface area contributed by atoms with Crippen molar-refractivity contribution in [3.05, 3.63) is 51.1 Å². The third kappa shape index (κ3) is 3.03. The monoisotopic (exact) mass is 451 g/mol. The van der Waals surface area contributed by atoms with E-state index in [9.17, 15) is 9.90 Å². The maximum absolute atomic E-state index is 13.8. The van der Waals surface area contributed by atoms with Gasteiger partial charge in [0.1, 0.15) is 17.2 Å². The zero-order valence-electron chi connectivity index (χ0n) is 20.2. The third-order valence-corrected chi connectivity index (χ3v) is 8.30. The zero-order valence-corrected chi connectivity index (χ0v) is 20.2. The molecule has 0 aromatic heterocycles. The first kappa shape index (κ1) is 22.2. The van der Waals surface area contributed by atoms with Crippen molar-refractivity contribution in [3.63, 3.8) is 0 Å². The van der Waals surface area contributed by atoms with E-state index in [1.165, 1.54) is 5.56 Å². The lowest BCUT2D eigenvalue weighted by Gasteiger charge is -2.51. The number of ether oxygens (including phenoxy) is 3. The van der Waals surface area contributed by atoms with Crippen molar-refractivity contribution < 1.29 is 24.1 Å². The van der Waals surface area contributed by atoms with Gasteiger partial charge in [-0.3, -0.25) is 10.1 Å². The quantitative estimate of drug-likeness (QED) is 0.743. The highest BCUT2D eigenvalue weighted by molar-refractivity contribution is 5.90. The smallest absolute Gasteiger partial charge is 0.154 e. The van der Waals surface area contributed by atoms with Crippen LogP contribution in [0.1, 0.15) is 50.9 Å². The zero-order chi connectivity index (χ0) is 23.6. The first-order valence-electron chi connectivity index (χ1n) is 11.7. The Labute approximate surface area is 195 Å². The lowest BCUT2D eigenvalue weighted by molar-refractivity contribution is -0.133. The Bertz CT molecular complexity index is 1140. The van der Waals surface area contributed by atoms with E-state index in [4.69, 9.17) is 14.2 Å². The predicted molar refractivity (Wildman–Crippen MR) is 126 cm³/mol. The summed E-state index contributed by atoms with van der Waals surface area (Å²) in [5, 5.41) is 14.2. The maximum Gasteiger partial charge on any atom is 0.154 e. The Hall–Kier alpha value is -2.57. The Morgan fingerprint density at radius 3 is 2.36 bits per heavy atom. The molecular weight excluding hydrogens is 418 g/mol. The van der Waals surface area contributed by atoms with Gasteiger partial charge in [-0.1, -0.05) is 6.07 Å². The number of benzene rings is 2. The second-order valence-electron chi connectivity index (χ2n) is 9.72. The van der Waals surface area contributed by atoms with Gasteiger partial charge in [0.05, 0.1) is 34.0 Å². The van der Waals surface area contributed by atoms with Crippen LogP contribution in [-0.2, 0) is 17.6 Å². The number of Topliss-reactive ketones (excluding diaryl/α,β-unsaturated/α-hetero) is 1. The van der Waals surface area contributed by atoms with Crippen LogP contribution in [0.4, 0.5) is 0 Å². The summed E-state index contributed by atoms with van der Waals surface area (Å²) in [4.78, 5) is 13.8. The molecule has 3 aliphatic rings. The highest BCUT2D eigenvalue weighted by Gasteiger charge is 2.53. The van der Waals surface area contributed by atoms with Crippen molar-refractivity contribution in [1.29, 1.82) is 0 Å². The molecule has 2 aromatic rings. The lowest BCUT2D eigenvalue weighted by Crippen LogP contribution is -2.59. The van der Waals surface area contributed by atoms with Crippen LogP contribution in [0.15, 0.2) is 12.1 Å². The first-order chi connectivity index (χ1) is 15.9. The number of hydrogen-bond donors (Lipinski definition) is 2. The van der Waals surface area contributed by atoms with Gasteiger partial charge in [-0.15, -0.1) is 0 Å². The molecule has 5 rings (SSSR count). The van der Waals surface area contributed by atoms with Gasteiger partial charge in [-0.2, -0.15) is 0 Å². The molecule has 2 N–H and O–H groups in total. The first-order valence-corrected chi connectivity index (χ1v) is 11.7. The molecule has 0 spiro atoms. The number of methoxy groups -OCH3 is 3. The van der Waals surface area contributed by atoms with Crippen molar-refractivity contribution in [1.82, 2.24) is 5.32 Å². The lowest BCUT2D eigenvalue weighted by atomic mass is 9.58. The average Bonchev–Trinajstić information content (AvgIpc) is 2.81. The molecule has 2 bridgehead atoms. The fourth-order valence-corrected chi connectivity index (χ4v) is 6.73. The number of fused-ring (bicyclic) bond motifs is 7. The van der Waals surface area contributed by atoms with E-state index in [2.05, 4.69) is 24.4 Å². The van der Waals surface area contributed by atoms with Crippen LogP contribution in [0.2, 0.25) is 0 Å². The fraction of sp³-hybridized carbons (Fsp3) is 0.519. The summed E-state index contributed by atoms with van der Waals surface area (Å²) in [7, 11) is 5.04. The minimum absolute atomic E-state index is 0.0142. The molecule has 1 saturated heterocycles. The number of aryl methyl sites for hydroxylation is 1. The van der Waals surface area contributed by atoms with E-state index < -0.39 is 0 Å². The number of aliphatic hydroxyl groups excluding tert-OH is 1.